The molecule has 0 N–H and O–H groups in total. The Morgan fingerprint density at radius 2 is 2.16 bits per heavy atom. The summed E-state index contributed by atoms with van der Waals surface area (Å²) in [5.74, 6) is 1.65. The quantitative estimate of drug-likeness (QED) is 0.797. The number of amides is 2. The number of rotatable bonds is 2. The van der Waals surface area contributed by atoms with E-state index in [2.05, 4.69) is 6.92 Å². The zero-order chi connectivity index (χ0) is 17.6. The molecule has 2 atom stereocenters. The van der Waals surface area contributed by atoms with E-state index in [1.165, 1.54) is 0 Å². The minimum absolute atomic E-state index is 0.0174. The highest BCUT2D eigenvalue weighted by Crippen LogP contribution is 2.47. The highest BCUT2D eigenvalue weighted by atomic mass is 32.2. The molecule has 7 heteroatoms. The van der Waals surface area contributed by atoms with Crippen LogP contribution >= 0.6 is 23.5 Å². The molecule has 3 aliphatic rings. The topological polar surface area (TPSA) is 53.0 Å². The molecule has 0 radical (unpaired) electrons. The SMILES string of the molecule is Cc1ccccc1N=C1SCCN1C(=O)[C@@H]1CS[C@]2(C)CCC(=O)N12. The maximum atomic E-state index is 13.2. The van der Waals surface area contributed by atoms with E-state index >= 15 is 0 Å². The van der Waals surface area contributed by atoms with Gasteiger partial charge in [-0.3, -0.25) is 14.5 Å². The van der Waals surface area contributed by atoms with Gasteiger partial charge in [-0.05, 0) is 31.9 Å². The number of hydrogen-bond donors (Lipinski definition) is 0. The molecule has 4 rings (SSSR count). The summed E-state index contributed by atoms with van der Waals surface area (Å²) in [7, 11) is 0. The van der Waals surface area contributed by atoms with Crippen molar-refractivity contribution >= 4 is 46.2 Å². The second kappa shape index (κ2) is 6.36. The number of aliphatic imine (C=N–C) groups is 1. The van der Waals surface area contributed by atoms with Gasteiger partial charge in [0.05, 0.1) is 10.6 Å². The third-order valence-corrected chi connectivity index (χ3v) is 7.57. The number of benzene rings is 1. The lowest BCUT2D eigenvalue weighted by atomic mass is 10.2. The molecule has 3 saturated heterocycles. The van der Waals surface area contributed by atoms with E-state index < -0.39 is 0 Å². The van der Waals surface area contributed by atoms with Gasteiger partial charge in [0.15, 0.2) is 5.17 Å². The van der Waals surface area contributed by atoms with Gasteiger partial charge in [-0.1, -0.05) is 30.0 Å². The van der Waals surface area contributed by atoms with Crippen molar-refractivity contribution in [1.82, 2.24) is 9.80 Å². The molecule has 1 aromatic carbocycles. The summed E-state index contributed by atoms with van der Waals surface area (Å²) in [6.07, 6.45) is 1.38. The Morgan fingerprint density at radius 1 is 1.36 bits per heavy atom. The number of thioether (sulfide) groups is 2. The predicted octanol–water partition coefficient (Wildman–Crippen LogP) is 3.01. The Morgan fingerprint density at radius 3 is 2.96 bits per heavy atom. The molecule has 0 aliphatic carbocycles. The lowest BCUT2D eigenvalue weighted by Gasteiger charge is -2.31. The van der Waals surface area contributed by atoms with Gasteiger partial charge in [0.1, 0.15) is 6.04 Å². The molecule has 0 spiro atoms. The van der Waals surface area contributed by atoms with Crippen LogP contribution in [0.2, 0.25) is 0 Å². The molecule has 25 heavy (non-hydrogen) atoms. The Kier molecular flexibility index (Phi) is 4.32. The second-order valence-corrected chi connectivity index (χ2v) is 9.35. The number of aryl methyl sites for hydroxylation is 1. The van der Waals surface area contributed by atoms with Gasteiger partial charge in [-0.15, -0.1) is 11.8 Å². The van der Waals surface area contributed by atoms with E-state index in [1.807, 2.05) is 36.1 Å². The normalized spacial score (nSPS) is 30.4. The third kappa shape index (κ3) is 2.87. The average molecular weight is 376 g/mol. The van der Waals surface area contributed by atoms with Gasteiger partial charge >= 0.3 is 0 Å². The Labute approximate surface area is 156 Å². The van der Waals surface area contributed by atoms with Crippen LogP contribution in [0.15, 0.2) is 29.3 Å². The highest BCUT2D eigenvalue weighted by Gasteiger charge is 2.54. The van der Waals surface area contributed by atoms with Gasteiger partial charge in [0.2, 0.25) is 5.91 Å². The van der Waals surface area contributed by atoms with Gasteiger partial charge in [0.25, 0.3) is 5.91 Å². The fourth-order valence-corrected chi connectivity index (χ4v) is 6.05. The minimum Gasteiger partial charge on any atom is -0.315 e. The fraction of sp³-hybridized carbons (Fsp3) is 0.500. The van der Waals surface area contributed by atoms with E-state index in [9.17, 15) is 9.59 Å². The summed E-state index contributed by atoms with van der Waals surface area (Å²) < 4.78 is 0. The summed E-state index contributed by atoms with van der Waals surface area (Å²) >= 11 is 3.34. The number of fused-ring (bicyclic) bond motifs is 1. The molecule has 0 aromatic heterocycles. The molecule has 2 amide bonds. The summed E-state index contributed by atoms with van der Waals surface area (Å²) in [6.45, 7) is 4.76. The zero-order valence-electron chi connectivity index (χ0n) is 14.4. The summed E-state index contributed by atoms with van der Waals surface area (Å²) in [4.78, 5) is 33.6. The highest BCUT2D eigenvalue weighted by molar-refractivity contribution is 8.14. The lowest BCUT2D eigenvalue weighted by molar-refractivity contribution is -0.141. The number of para-hydroxylation sites is 1. The first-order valence-corrected chi connectivity index (χ1v) is 10.5. The van der Waals surface area contributed by atoms with Crippen LogP contribution in [0.25, 0.3) is 0 Å². The van der Waals surface area contributed by atoms with Crippen molar-refractivity contribution in [3.05, 3.63) is 29.8 Å². The van der Waals surface area contributed by atoms with E-state index in [0.717, 1.165) is 28.6 Å². The van der Waals surface area contributed by atoms with Crippen molar-refractivity contribution in [2.45, 2.75) is 37.6 Å². The van der Waals surface area contributed by atoms with E-state index in [0.29, 0.717) is 18.7 Å². The number of amidine groups is 1. The van der Waals surface area contributed by atoms with E-state index in [1.54, 1.807) is 28.4 Å². The van der Waals surface area contributed by atoms with E-state index in [4.69, 9.17) is 4.99 Å². The van der Waals surface area contributed by atoms with Gasteiger partial charge in [-0.2, -0.15) is 0 Å². The second-order valence-electron chi connectivity index (χ2n) is 6.78. The largest absolute Gasteiger partial charge is 0.315 e. The Balaban J connectivity index is 1.60. The Bertz CT molecular complexity index is 766. The van der Waals surface area contributed by atoms with Crippen molar-refractivity contribution in [2.75, 3.05) is 18.1 Å². The first-order chi connectivity index (χ1) is 12.0. The number of carbonyl (C=O) groups is 2. The van der Waals surface area contributed by atoms with Crippen LogP contribution in [0, 0.1) is 6.92 Å². The molecule has 0 unspecified atom stereocenters. The van der Waals surface area contributed by atoms with Crippen LogP contribution in [0.5, 0.6) is 0 Å². The van der Waals surface area contributed by atoms with Crippen molar-refractivity contribution < 1.29 is 9.59 Å². The van der Waals surface area contributed by atoms with Crippen LogP contribution in [0.4, 0.5) is 5.69 Å². The smallest absolute Gasteiger partial charge is 0.252 e. The molecule has 5 nitrogen and oxygen atoms in total. The van der Waals surface area contributed by atoms with Crippen LogP contribution < -0.4 is 0 Å². The van der Waals surface area contributed by atoms with Crippen molar-refractivity contribution in [3.63, 3.8) is 0 Å². The summed E-state index contributed by atoms with van der Waals surface area (Å²) in [5, 5.41) is 0.754. The maximum Gasteiger partial charge on any atom is 0.252 e. The molecular weight excluding hydrogens is 354 g/mol. The van der Waals surface area contributed by atoms with Gasteiger partial charge in [-0.25, -0.2) is 4.99 Å². The van der Waals surface area contributed by atoms with Crippen LogP contribution in [0.3, 0.4) is 0 Å². The first-order valence-electron chi connectivity index (χ1n) is 8.54. The number of carbonyl (C=O) groups excluding carboxylic acids is 2. The predicted molar refractivity (Wildman–Crippen MR) is 103 cm³/mol. The van der Waals surface area contributed by atoms with Crippen LogP contribution in [-0.2, 0) is 9.59 Å². The summed E-state index contributed by atoms with van der Waals surface area (Å²) in [6, 6.07) is 7.58. The van der Waals surface area contributed by atoms with Gasteiger partial charge in [0, 0.05) is 24.5 Å². The van der Waals surface area contributed by atoms with Crippen molar-refractivity contribution in [1.29, 1.82) is 0 Å². The van der Waals surface area contributed by atoms with Crippen molar-refractivity contribution in [3.8, 4) is 0 Å². The molecule has 3 aliphatic heterocycles. The first kappa shape index (κ1) is 17.0. The monoisotopic (exact) mass is 375 g/mol. The van der Waals surface area contributed by atoms with Crippen molar-refractivity contribution in [2.24, 2.45) is 4.99 Å². The molecule has 3 fully saturated rings. The fourth-order valence-electron chi connectivity index (χ4n) is 3.67. The molecule has 1 aromatic rings. The third-order valence-electron chi connectivity index (χ3n) is 5.10. The zero-order valence-corrected chi connectivity index (χ0v) is 16.0. The number of nitrogens with zero attached hydrogens (tertiary/aromatic N) is 3. The minimum atomic E-state index is -0.356. The lowest BCUT2D eigenvalue weighted by Crippen LogP contribution is -2.51. The average Bonchev–Trinajstić information content (AvgIpc) is 3.26. The standard InChI is InChI=1S/C18H21N3O2S2/c1-12-5-3-4-6-13(12)19-17-20(9-10-24-17)16(23)14-11-25-18(2)8-7-15(22)21(14)18/h3-6,14H,7-11H2,1-2H3/t14-,18+/m0/s1. The summed E-state index contributed by atoms with van der Waals surface area (Å²) in [5.41, 5.74) is 1.99. The molecular formula is C18H21N3O2S2. The maximum absolute atomic E-state index is 13.2. The molecule has 132 valence electrons. The number of hydrogen-bond acceptors (Lipinski definition) is 5. The molecule has 0 saturated carbocycles. The van der Waals surface area contributed by atoms with Crippen LogP contribution in [-0.4, -0.2) is 55.7 Å². The van der Waals surface area contributed by atoms with Crippen LogP contribution in [0.1, 0.15) is 25.3 Å². The Hall–Kier alpha value is -1.47. The van der Waals surface area contributed by atoms with Gasteiger partial charge < -0.3 is 4.90 Å². The molecule has 0 bridgehead atoms. The van der Waals surface area contributed by atoms with E-state index in [-0.39, 0.29) is 22.7 Å². The molecule has 3 heterocycles.